The van der Waals surface area contributed by atoms with Crippen LogP contribution in [0.2, 0.25) is 5.02 Å². The van der Waals surface area contributed by atoms with Crippen molar-refractivity contribution in [2.45, 2.75) is 18.8 Å². The number of carboxylic acid groups (broad SMARTS) is 1. The van der Waals surface area contributed by atoms with E-state index in [4.69, 9.17) is 11.6 Å². The number of benzene rings is 1. The molecule has 1 N–H and O–H groups in total. The third-order valence-corrected chi connectivity index (χ3v) is 3.39. The van der Waals surface area contributed by atoms with Crippen LogP contribution < -0.4 is 0 Å². The second-order valence-electron chi connectivity index (χ2n) is 4.46. The molecule has 1 aromatic heterocycles. The smallest absolute Gasteiger partial charge is 0.336 e. The Hall–Kier alpha value is -1.68. The van der Waals surface area contributed by atoms with E-state index in [2.05, 4.69) is 4.98 Å². The predicted molar refractivity (Wildman–Crippen MR) is 65.6 cm³/mol. The van der Waals surface area contributed by atoms with Gasteiger partial charge in [-0.15, -0.1) is 0 Å². The van der Waals surface area contributed by atoms with Crippen molar-refractivity contribution in [1.29, 1.82) is 0 Å². The summed E-state index contributed by atoms with van der Waals surface area (Å²) in [6.07, 6.45) is 2.02. The third-order valence-electron chi connectivity index (χ3n) is 3.10. The largest absolute Gasteiger partial charge is 0.478 e. The van der Waals surface area contributed by atoms with Crippen molar-refractivity contribution >= 4 is 28.5 Å². The number of pyridine rings is 1. The molecule has 1 fully saturated rings. The molecule has 0 saturated heterocycles. The first kappa shape index (κ1) is 11.4. The third kappa shape index (κ3) is 1.82. The lowest BCUT2D eigenvalue weighted by Gasteiger charge is -2.07. The number of nitrogens with zero attached hydrogens (tertiary/aromatic N) is 1. The van der Waals surface area contributed by atoms with Gasteiger partial charge in [0.1, 0.15) is 5.82 Å². The number of fused-ring (bicyclic) bond motifs is 1. The maximum Gasteiger partial charge on any atom is 0.336 e. The number of halogens is 2. The Balaban J connectivity index is 2.33. The summed E-state index contributed by atoms with van der Waals surface area (Å²) in [5.74, 6) is -1.32. The molecule has 92 valence electrons. The highest BCUT2D eigenvalue weighted by Crippen LogP contribution is 2.40. The van der Waals surface area contributed by atoms with Gasteiger partial charge in [0.2, 0.25) is 0 Å². The van der Waals surface area contributed by atoms with Gasteiger partial charge in [-0.25, -0.2) is 9.18 Å². The van der Waals surface area contributed by atoms with E-state index in [0.29, 0.717) is 16.8 Å². The molecule has 0 amide bonds. The Kier molecular flexibility index (Phi) is 2.48. The molecule has 1 aromatic carbocycles. The first-order chi connectivity index (χ1) is 8.56. The predicted octanol–water partition coefficient (Wildman–Crippen LogP) is 3.60. The molecular formula is C13H9ClFNO2. The fraction of sp³-hybridized carbons (Fsp3) is 0.231. The van der Waals surface area contributed by atoms with E-state index in [-0.39, 0.29) is 10.6 Å². The first-order valence-electron chi connectivity index (χ1n) is 5.59. The summed E-state index contributed by atoms with van der Waals surface area (Å²) < 4.78 is 13.4. The Morgan fingerprint density at radius 1 is 1.39 bits per heavy atom. The number of rotatable bonds is 2. The SMILES string of the molecule is O=C(O)c1cc(C2CC2)nc2cc(F)c(Cl)cc12. The van der Waals surface area contributed by atoms with E-state index >= 15 is 0 Å². The van der Waals surface area contributed by atoms with Crippen molar-refractivity contribution in [1.82, 2.24) is 4.98 Å². The van der Waals surface area contributed by atoms with Crippen LogP contribution in [0.5, 0.6) is 0 Å². The number of hydrogen-bond donors (Lipinski definition) is 1. The van der Waals surface area contributed by atoms with Gasteiger partial charge in [-0.05, 0) is 25.0 Å². The second-order valence-corrected chi connectivity index (χ2v) is 4.86. The maximum atomic E-state index is 13.4. The standard InChI is InChI=1S/C13H9ClFNO2/c14-9-3-7-8(13(17)18)4-11(6-1-2-6)16-12(7)5-10(9)15/h3-6H,1-2H2,(H,17,18). The molecule has 0 aliphatic heterocycles. The molecule has 1 aliphatic carbocycles. The monoisotopic (exact) mass is 265 g/mol. The van der Waals surface area contributed by atoms with Crippen LogP contribution in [0, 0.1) is 5.82 Å². The molecule has 1 heterocycles. The van der Waals surface area contributed by atoms with Crippen LogP contribution in [-0.4, -0.2) is 16.1 Å². The molecule has 0 unspecified atom stereocenters. The van der Waals surface area contributed by atoms with Gasteiger partial charge in [0, 0.05) is 23.1 Å². The van der Waals surface area contributed by atoms with Crippen LogP contribution in [-0.2, 0) is 0 Å². The van der Waals surface area contributed by atoms with E-state index in [1.165, 1.54) is 12.1 Å². The number of carbonyl (C=O) groups is 1. The highest BCUT2D eigenvalue weighted by molar-refractivity contribution is 6.31. The van der Waals surface area contributed by atoms with Crippen molar-refractivity contribution in [2.24, 2.45) is 0 Å². The molecule has 2 aromatic rings. The molecule has 0 radical (unpaired) electrons. The average molecular weight is 266 g/mol. The lowest BCUT2D eigenvalue weighted by Crippen LogP contribution is -2.02. The van der Waals surface area contributed by atoms with Gasteiger partial charge in [-0.3, -0.25) is 4.98 Å². The summed E-state index contributed by atoms with van der Waals surface area (Å²) in [6, 6.07) is 4.08. The zero-order valence-electron chi connectivity index (χ0n) is 9.28. The molecule has 18 heavy (non-hydrogen) atoms. The van der Waals surface area contributed by atoms with Crippen LogP contribution in [0.4, 0.5) is 4.39 Å². The van der Waals surface area contributed by atoms with E-state index in [1.54, 1.807) is 6.07 Å². The Labute approximate surface area is 107 Å². The van der Waals surface area contributed by atoms with Crippen LogP contribution in [0.25, 0.3) is 10.9 Å². The summed E-state index contributed by atoms with van der Waals surface area (Å²) in [5.41, 5.74) is 1.20. The minimum atomic E-state index is -1.05. The van der Waals surface area contributed by atoms with Crippen molar-refractivity contribution in [3.8, 4) is 0 Å². The Bertz CT molecular complexity index is 668. The van der Waals surface area contributed by atoms with Crippen LogP contribution >= 0.6 is 11.6 Å². The molecule has 0 atom stereocenters. The van der Waals surface area contributed by atoms with Crippen molar-refractivity contribution in [2.75, 3.05) is 0 Å². The molecule has 3 nitrogen and oxygen atoms in total. The molecular weight excluding hydrogens is 257 g/mol. The summed E-state index contributed by atoms with van der Waals surface area (Å²) >= 11 is 5.68. The minimum Gasteiger partial charge on any atom is -0.478 e. The number of hydrogen-bond acceptors (Lipinski definition) is 2. The lowest BCUT2D eigenvalue weighted by atomic mass is 10.1. The average Bonchev–Trinajstić information content (AvgIpc) is 3.13. The number of carboxylic acids is 1. The van der Waals surface area contributed by atoms with Crippen LogP contribution in [0.1, 0.15) is 34.8 Å². The summed E-state index contributed by atoms with van der Waals surface area (Å²) in [6.45, 7) is 0. The topological polar surface area (TPSA) is 50.2 Å². The molecule has 0 bridgehead atoms. The molecule has 5 heteroatoms. The quantitative estimate of drug-likeness (QED) is 0.902. The summed E-state index contributed by atoms with van der Waals surface area (Å²) in [7, 11) is 0. The van der Waals surface area contributed by atoms with E-state index in [1.807, 2.05) is 0 Å². The van der Waals surface area contributed by atoms with Gasteiger partial charge < -0.3 is 5.11 Å². The highest BCUT2D eigenvalue weighted by atomic mass is 35.5. The van der Waals surface area contributed by atoms with Crippen LogP contribution in [0.3, 0.4) is 0 Å². The number of aromatic carboxylic acids is 1. The van der Waals surface area contributed by atoms with Gasteiger partial charge in [0.05, 0.1) is 16.1 Å². The van der Waals surface area contributed by atoms with Crippen molar-refractivity contribution in [3.63, 3.8) is 0 Å². The van der Waals surface area contributed by atoms with Gasteiger partial charge in [0.25, 0.3) is 0 Å². The van der Waals surface area contributed by atoms with Gasteiger partial charge >= 0.3 is 5.97 Å². The molecule has 1 aliphatic rings. The second kappa shape index (κ2) is 3.92. The molecule has 3 rings (SSSR count). The van der Waals surface area contributed by atoms with Gasteiger partial charge in [-0.1, -0.05) is 11.6 Å². The fourth-order valence-electron chi connectivity index (χ4n) is 2.01. The lowest BCUT2D eigenvalue weighted by molar-refractivity contribution is 0.0699. The summed E-state index contributed by atoms with van der Waals surface area (Å²) in [4.78, 5) is 15.6. The minimum absolute atomic E-state index is 0.0917. The summed E-state index contributed by atoms with van der Waals surface area (Å²) in [5, 5.41) is 9.49. The van der Waals surface area contributed by atoms with Gasteiger partial charge in [-0.2, -0.15) is 0 Å². The van der Waals surface area contributed by atoms with E-state index < -0.39 is 11.8 Å². The zero-order valence-corrected chi connectivity index (χ0v) is 10.0. The maximum absolute atomic E-state index is 13.4. The van der Waals surface area contributed by atoms with Gasteiger partial charge in [0.15, 0.2) is 0 Å². The molecule has 1 saturated carbocycles. The first-order valence-corrected chi connectivity index (χ1v) is 5.97. The normalized spacial score (nSPS) is 15.0. The van der Waals surface area contributed by atoms with E-state index in [9.17, 15) is 14.3 Å². The number of aromatic nitrogens is 1. The Morgan fingerprint density at radius 2 is 2.11 bits per heavy atom. The zero-order chi connectivity index (χ0) is 12.9. The fourth-order valence-corrected chi connectivity index (χ4v) is 2.17. The molecule has 0 spiro atoms. The van der Waals surface area contributed by atoms with Crippen molar-refractivity contribution in [3.05, 3.63) is 40.3 Å². The van der Waals surface area contributed by atoms with E-state index in [0.717, 1.165) is 18.5 Å². The van der Waals surface area contributed by atoms with Crippen molar-refractivity contribution < 1.29 is 14.3 Å². The van der Waals surface area contributed by atoms with Crippen LogP contribution in [0.15, 0.2) is 18.2 Å². The highest BCUT2D eigenvalue weighted by Gasteiger charge is 2.27. The Morgan fingerprint density at radius 3 is 2.72 bits per heavy atom.